The highest BCUT2D eigenvalue weighted by Crippen LogP contribution is 2.44. The first-order valence-electron chi connectivity index (χ1n) is 7.16. The van der Waals surface area contributed by atoms with Crippen LogP contribution in [0.25, 0.3) is 0 Å². The van der Waals surface area contributed by atoms with Crippen LogP contribution in [0.3, 0.4) is 0 Å². The van der Waals surface area contributed by atoms with Crippen molar-refractivity contribution in [2.75, 3.05) is 26.3 Å². The van der Waals surface area contributed by atoms with Crippen molar-refractivity contribution in [2.24, 2.45) is 17.8 Å². The van der Waals surface area contributed by atoms with Gasteiger partial charge in [0.15, 0.2) is 5.82 Å². The maximum atomic E-state index is 5.59. The van der Waals surface area contributed by atoms with Crippen molar-refractivity contribution < 1.29 is 9.26 Å². The molecule has 2 fully saturated rings. The lowest BCUT2D eigenvalue weighted by atomic mass is 9.92. The quantitative estimate of drug-likeness (QED) is 0.774. The molecule has 2 bridgehead atoms. The van der Waals surface area contributed by atoms with Gasteiger partial charge < -0.3 is 9.26 Å². The fourth-order valence-electron chi connectivity index (χ4n) is 3.83. The van der Waals surface area contributed by atoms with Gasteiger partial charge in [-0.2, -0.15) is 4.98 Å². The largest absolute Gasteiger partial charge is 0.378 e. The maximum Gasteiger partial charge on any atom is 0.213 e. The second-order valence-electron chi connectivity index (χ2n) is 5.92. The Morgan fingerprint density at radius 2 is 2.32 bits per heavy atom. The van der Waals surface area contributed by atoms with E-state index >= 15 is 0 Å². The summed E-state index contributed by atoms with van der Waals surface area (Å²) in [5.41, 5.74) is 0. The van der Waals surface area contributed by atoms with E-state index in [1.54, 1.807) is 0 Å². The van der Waals surface area contributed by atoms with Gasteiger partial charge in [0.05, 0.1) is 19.3 Å². The van der Waals surface area contributed by atoms with Crippen LogP contribution < -0.4 is 0 Å². The predicted octanol–water partition coefficient (Wildman–Crippen LogP) is 1.66. The van der Waals surface area contributed by atoms with Gasteiger partial charge in [-0.3, -0.25) is 4.90 Å². The minimum absolute atomic E-state index is 0.163. The summed E-state index contributed by atoms with van der Waals surface area (Å²) < 4.78 is 10.5. The number of hydrogen-bond acceptors (Lipinski definition) is 5. The van der Waals surface area contributed by atoms with Crippen molar-refractivity contribution in [3.8, 4) is 0 Å². The Hall–Kier alpha value is -1.20. The summed E-state index contributed by atoms with van der Waals surface area (Å²) in [5, 5.41) is 3.99. The van der Waals surface area contributed by atoms with Gasteiger partial charge in [0, 0.05) is 13.1 Å². The van der Waals surface area contributed by atoms with Crippen molar-refractivity contribution in [3.05, 3.63) is 24.4 Å². The van der Waals surface area contributed by atoms with Crippen LogP contribution in [0.1, 0.15) is 24.7 Å². The first-order valence-corrected chi connectivity index (χ1v) is 7.16. The Bertz CT molecular complexity index is 459. The number of nitrogens with zero attached hydrogens (tertiary/aromatic N) is 3. The van der Waals surface area contributed by atoms with Crippen LogP contribution in [0.2, 0.25) is 0 Å². The molecule has 4 atom stereocenters. The van der Waals surface area contributed by atoms with Crippen molar-refractivity contribution in [1.82, 2.24) is 15.0 Å². The number of morpholine rings is 1. The van der Waals surface area contributed by atoms with Crippen LogP contribution in [0.15, 0.2) is 23.1 Å². The van der Waals surface area contributed by atoms with Gasteiger partial charge in [0.2, 0.25) is 6.39 Å². The van der Waals surface area contributed by atoms with Crippen LogP contribution >= 0.6 is 0 Å². The van der Waals surface area contributed by atoms with Crippen LogP contribution in [-0.2, 0) is 4.74 Å². The zero-order chi connectivity index (χ0) is 12.7. The fourth-order valence-corrected chi connectivity index (χ4v) is 3.83. The van der Waals surface area contributed by atoms with Crippen molar-refractivity contribution in [3.63, 3.8) is 0 Å². The molecule has 3 aliphatic rings. The van der Waals surface area contributed by atoms with E-state index in [1.807, 2.05) is 0 Å². The summed E-state index contributed by atoms with van der Waals surface area (Å²) in [7, 11) is 0. The molecule has 0 spiro atoms. The molecule has 5 nitrogen and oxygen atoms in total. The predicted molar refractivity (Wildman–Crippen MR) is 68.3 cm³/mol. The van der Waals surface area contributed by atoms with Gasteiger partial charge in [-0.05, 0) is 30.6 Å². The Balaban J connectivity index is 1.47. The number of hydrogen-bond donors (Lipinski definition) is 0. The Morgan fingerprint density at radius 1 is 1.32 bits per heavy atom. The number of allylic oxidation sites excluding steroid dienone is 2. The van der Waals surface area contributed by atoms with Gasteiger partial charge in [-0.1, -0.05) is 17.3 Å². The smallest absolute Gasteiger partial charge is 0.213 e. The molecule has 1 saturated heterocycles. The van der Waals surface area contributed by atoms with Crippen LogP contribution in [0.5, 0.6) is 0 Å². The topological polar surface area (TPSA) is 51.4 Å². The lowest BCUT2D eigenvalue weighted by molar-refractivity contribution is -0.0208. The number of ether oxygens (including phenoxy) is 1. The van der Waals surface area contributed by atoms with Gasteiger partial charge in [-0.15, -0.1) is 0 Å². The average Bonchev–Trinajstić information content (AvgIpc) is 3.17. The monoisotopic (exact) mass is 261 g/mol. The summed E-state index contributed by atoms with van der Waals surface area (Å²) in [4.78, 5) is 6.68. The molecular weight excluding hydrogens is 242 g/mol. The normalized spacial score (nSPS) is 38.1. The van der Waals surface area contributed by atoms with E-state index in [2.05, 4.69) is 27.2 Å². The molecule has 2 heterocycles. The first-order chi connectivity index (χ1) is 9.40. The standard InChI is InChI=1S/C14H19N3O2/c1-2-11-5-10(1)6-12(11)7-17-3-4-18-8-13(17)14-15-9-19-16-14/h1-2,9-13H,3-8H2. The second-order valence-corrected chi connectivity index (χ2v) is 5.92. The lowest BCUT2D eigenvalue weighted by Crippen LogP contribution is -2.43. The van der Waals surface area contributed by atoms with E-state index < -0.39 is 0 Å². The van der Waals surface area contributed by atoms with Crippen molar-refractivity contribution in [1.29, 1.82) is 0 Å². The third-order valence-corrected chi connectivity index (χ3v) is 4.80. The molecule has 1 saturated carbocycles. The lowest BCUT2D eigenvalue weighted by Gasteiger charge is -2.36. The maximum absolute atomic E-state index is 5.59. The van der Waals surface area contributed by atoms with E-state index in [0.29, 0.717) is 6.61 Å². The molecule has 4 rings (SSSR count). The average molecular weight is 261 g/mol. The molecule has 0 radical (unpaired) electrons. The highest BCUT2D eigenvalue weighted by molar-refractivity contribution is 5.11. The molecule has 102 valence electrons. The minimum Gasteiger partial charge on any atom is -0.378 e. The minimum atomic E-state index is 0.163. The van der Waals surface area contributed by atoms with Crippen LogP contribution in [0.4, 0.5) is 0 Å². The molecule has 0 N–H and O–H groups in total. The zero-order valence-corrected chi connectivity index (χ0v) is 10.9. The van der Waals surface area contributed by atoms with E-state index in [4.69, 9.17) is 9.26 Å². The highest BCUT2D eigenvalue weighted by atomic mass is 16.5. The van der Waals surface area contributed by atoms with Crippen molar-refractivity contribution in [2.45, 2.75) is 18.9 Å². The zero-order valence-electron chi connectivity index (χ0n) is 10.9. The third kappa shape index (κ3) is 2.11. The third-order valence-electron chi connectivity index (χ3n) is 4.80. The molecule has 5 heteroatoms. The van der Waals surface area contributed by atoms with Gasteiger partial charge in [0.1, 0.15) is 0 Å². The molecule has 0 amide bonds. The number of rotatable bonds is 3. The summed E-state index contributed by atoms with van der Waals surface area (Å²) in [5.74, 6) is 3.18. The summed E-state index contributed by atoms with van der Waals surface area (Å²) >= 11 is 0. The highest BCUT2D eigenvalue weighted by Gasteiger charge is 2.38. The summed E-state index contributed by atoms with van der Waals surface area (Å²) in [6, 6.07) is 0.163. The van der Waals surface area contributed by atoms with E-state index in [-0.39, 0.29) is 6.04 Å². The van der Waals surface area contributed by atoms with E-state index in [9.17, 15) is 0 Å². The molecule has 19 heavy (non-hydrogen) atoms. The summed E-state index contributed by atoms with van der Waals surface area (Å²) in [6.45, 7) is 3.59. The Morgan fingerprint density at radius 3 is 3.05 bits per heavy atom. The van der Waals surface area contributed by atoms with Crippen LogP contribution in [-0.4, -0.2) is 41.3 Å². The molecule has 4 unspecified atom stereocenters. The number of aromatic nitrogens is 2. The fraction of sp³-hybridized carbons (Fsp3) is 0.714. The second kappa shape index (κ2) is 4.72. The van der Waals surface area contributed by atoms with Crippen molar-refractivity contribution >= 4 is 0 Å². The number of fused-ring (bicyclic) bond motifs is 2. The first kappa shape index (κ1) is 11.6. The SMILES string of the molecule is C1=CC2CC1CC2CN1CCOCC1c1ncon1. The van der Waals surface area contributed by atoms with E-state index in [0.717, 1.165) is 43.3 Å². The molecule has 0 aromatic carbocycles. The molecule has 1 aromatic rings. The summed E-state index contributed by atoms with van der Waals surface area (Å²) in [6.07, 6.45) is 8.93. The van der Waals surface area contributed by atoms with Gasteiger partial charge in [-0.25, -0.2) is 0 Å². The van der Waals surface area contributed by atoms with E-state index in [1.165, 1.54) is 19.2 Å². The van der Waals surface area contributed by atoms with Crippen LogP contribution in [0, 0.1) is 17.8 Å². The molecule has 1 aliphatic heterocycles. The Kier molecular flexibility index (Phi) is 2.89. The molecule has 2 aliphatic carbocycles. The van der Waals surface area contributed by atoms with Gasteiger partial charge >= 0.3 is 0 Å². The molecule has 1 aromatic heterocycles. The van der Waals surface area contributed by atoms with Gasteiger partial charge in [0.25, 0.3) is 0 Å². The molecular formula is C14H19N3O2. The Labute approximate surface area is 112 Å².